The molecule has 126 valence electrons. The van der Waals surface area contributed by atoms with E-state index in [0.29, 0.717) is 11.5 Å². The molecule has 2 aromatic heterocycles. The van der Waals surface area contributed by atoms with Gasteiger partial charge in [-0.15, -0.1) is 15.3 Å². The molecule has 3 rings (SSSR count). The fourth-order valence-corrected chi connectivity index (χ4v) is 3.28. The van der Waals surface area contributed by atoms with Gasteiger partial charge in [-0.3, -0.25) is 0 Å². The van der Waals surface area contributed by atoms with Gasteiger partial charge in [0, 0.05) is 14.1 Å². The quantitative estimate of drug-likeness (QED) is 0.740. The summed E-state index contributed by atoms with van der Waals surface area (Å²) < 4.78 is 28.9. The fraction of sp³-hybridized carbons (Fsp3) is 0.267. The number of fused-ring (bicyclic) bond motifs is 1. The van der Waals surface area contributed by atoms with Crippen molar-refractivity contribution >= 4 is 21.5 Å². The monoisotopic (exact) mass is 346 g/mol. The summed E-state index contributed by atoms with van der Waals surface area (Å²) in [7, 11) is 0.124. The molecule has 24 heavy (non-hydrogen) atoms. The van der Waals surface area contributed by atoms with Crippen molar-refractivity contribution in [2.24, 2.45) is 0 Å². The average Bonchev–Trinajstić information content (AvgIpc) is 2.95. The Bertz CT molecular complexity index is 981. The van der Waals surface area contributed by atoms with Gasteiger partial charge >= 0.3 is 0 Å². The Hall–Kier alpha value is -2.52. The Morgan fingerprint density at radius 1 is 1.17 bits per heavy atom. The van der Waals surface area contributed by atoms with E-state index >= 15 is 0 Å². The zero-order chi connectivity index (χ0) is 17.3. The van der Waals surface area contributed by atoms with Crippen LogP contribution < -0.4 is 9.62 Å². The van der Waals surface area contributed by atoms with Crippen molar-refractivity contribution in [3.05, 3.63) is 47.8 Å². The lowest BCUT2D eigenvalue weighted by Gasteiger charge is -2.11. The molecule has 0 bridgehead atoms. The summed E-state index contributed by atoms with van der Waals surface area (Å²) in [5.41, 5.74) is 1.44. The number of aryl methyl sites for hydroxylation is 1. The molecule has 0 saturated heterocycles. The summed E-state index contributed by atoms with van der Waals surface area (Å²) in [5, 5.41) is 12.4. The minimum absolute atomic E-state index is 0.00131. The second-order valence-corrected chi connectivity index (χ2v) is 7.38. The van der Waals surface area contributed by atoms with Crippen LogP contribution in [0.5, 0.6) is 0 Å². The largest absolute Gasteiger partial charge is 0.361 e. The van der Waals surface area contributed by atoms with Crippen molar-refractivity contribution in [1.82, 2.24) is 24.5 Å². The van der Waals surface area contributed by atoms with Crippen LogP contribution >= 0.6 is 0 Å². The maximum atomic E-state index is 12.4. The number of hydrogen-bond acceptors (Lipinski definition) is 6. The first kappa shape index (κ1) is 16.3. The van der Waals surface area contributed by atoms with Gasteiger partial charge in [-0.2, -0.15) is 4.52 Å². The van der Waals surface area contributed by atoms with Crippen molar-refractivity contribution in [3.8, 4) is 0 Å². The predicted octanol–water partition coefficient (Wildman–Crippen LogP) is 0.977. The van der Waals surface area contributed by atoms with Crippen LogP contribution in [0.25, 0.3) is 5.65 Å². The van der Waals surface area contributed by atoms with E-state index in [9.17, 15) is 8.42 Å². The maximum absolute atomic E-state index is 12.4. The molecule has 0 unspecified atom stereocenters. The lowest BCUT2D eigenvalue weighted by molar-refractivity contribution is 0.578. The molecule has 1 aromatic carbocycles. The molecule has 0 aliphatic heterocycles. The predicted molar refractivity (Wildman–Crippen MR) is 90.3 cm³/mol. The summed E-state index contributed by atoms with van der Waals surface area (Å²) in [6.45, 7) is 1.85. The van der Waals surface area contributed by atoms with E-state index in [-0.39, 0.29) is 11.4 Å². The van der Waals surface area contributed by atoms with Crippen LogP contribution in [0.4, 0.5) is 5.82 Å². The number of hydrogen-bond donors (Lipinski definition) is 1. The number of aromatic nitrogens is 4. The van der Waals surface area contributed by atoms with Gasteiger partial charge in [0.25, 0.3) is 0 Å². The van der Waals surface area contributed by atoms with Gasteiger partial charge in [-0.1, -0.05) is 12.1 Å². The Kier molecular flexibility index (Phi) is 4.20. The zero-order valence-corrected chi connectivity index (χ0v) is 14.4. The van der Waals surface area contributed by atoms with E-state index in [1.54, 1.807) is 24.3 Å². The normalized spacial score (nSPS) is 11.8. The molecule has 0 radical (unpaired) electrons. The number of anilines is 1. The minimum Gasteiger partial charge on any atom is -0.361 e. The molecule has 1 N–H and O–H groups in total. The van der Waals surface area contributed by atoms with Crippen molar-refractivity contribution in [3.63, 3.8) is 0 Å². The van der Waals surface area contributed by atoms with E-state index in [4.69, 9.17) is 0 Å². The van der Waals surface area contributed by atoms with Gasteiger partial charge in [0.15, 0.2) is 11.5 Å². The van der Waals surface area contributed by atoms with Crippen molar-refractivity contribution in [1.29, 1.82) is 0 Å². The second-order valence-electron chi connectivity index (χ2n) is 5.61. The van der Waals surface area contributed by atoms with Crippen LogP contribution in [0.2, 0.25) is 0 Å². The highest BCUT2D eigenvalue weighted by Gasteiger charge is 2.16. The molecule has 3 aromatic rings. The van der Waals surface area contributed by atoms with Crippen molar-refractivity contribution < 1.29 is 8.42 Å². The van der Waals surface area contributed by atoms with Gasteiger partial charge in [-0.05, 0) is 36.8 Å². The maximum Gasteiger partial charge on any atom is 0.240 e. The van der Waals surface area contributed by atoms with Gasteiger partial charge in [0.05, 0.1) is 11.4 Å². The number of sulfonamides is 1. The average molecular weight is 346 g/mol. The number of rotatable bonds is 5. The zero-order valence-electron chi connectivity index (χ0n) is 13.6. The first-order valence-electron chi connectivity index (χ1n) is 7.32. The van der Waals surface area contributed by atoms with Crippen molar-refractivity contribution in [2.75, 3.05) is 19.0 Å². The minimum atomic E-state index is -3.62. The van der Waals surface area contributed by atoms with E-state index in [0.717, 1.165) is 11.4 Å². The summed E-state index contributed by atoms with van der Waals surface area (Å²) in [5.74, 6) is 1.15. The molecule has 0 aliphatic rings. The molecular formula is C15H18N6O2S. The van der Waals surface area contributed by atoms with E-state index in [1.807, 2.05) is 38.1 Å². The summed E-state index contributed by atoms with van der Waals surface area (Å²) in [6, 6.07) is 10.3. The van der Waals surface area contributed by atoms with Crippen LogP contribution in [0.1, 0.15) is 11.4 Å². The highest BCUT2D eigenvalue weighted by atomic mass is 32.2. The van der Waals surface area contributed by atoms with Crippen LogP contribution in [0.15, 0.2) is 41.3 Å². The second kappa shape index (κ2) is 6.17. The lowest BCUT2D eigenvalue weighted by Crippen LogP contribution is -2.25. The van der Waals surface area contributed by atoms with Crippen LogP contribution in [-0.4, -0.2) is 42.3 Å². The first-order chi connectivity index (χ1) is 11.4. The van der Waals surface area contributed by atoms with Gasteiger partial charge < -0.3 is 4.90 Å². The smallest absolute Gasteiger partial charge is 0.240 e. The fourth-order valence-electron chi connectivity index (χ4n) is 2.20. The number of benzene rings is 1. The molecular weight excluding hydrogens is 328 g/mol. The molecule has 0 spiro atoms. The SMILES string of the molecule is Cc1cccc(S(=O)(=O)NCc2nnc3ccc(N(C)C)nn23)c1. The van der Waals surface area contributed by atoms with Crippen LogP contribution in [0, 0.1) is 6.92 Å². The molecule has 0 saturated carbocycles. The first-order valence-corrected chi connectivity index (χ1v) is 8.80. The Morgan fingerprint density at radius 2 is 1.96 bits per heavy atom. The number of nitrogens with one attached hydrogen (secondary N) is 1. The summed E-state index contributed by atoms with van der Waals surface area (Å²) in [4.78, 5) is 2.07. The third-order valence-electron chi connectivity index (χ3n) is 3.49. The summed E-state index contributed by atoms with van der Waals surface area (Å²) >= 11 is 0. The standard InChI is InChI=1S/C15H18N6O2S/c1-11-5-4-6-12(9-11)24(22,23)16-10-15-18-17-13-7-8-14(20(2)3)19-21(13)15/h4-9,16H,10H2,1-3H3. The molecule has 0 atom stereocenters. The molecule has 0 amide bonds. The Balaban J connectivity index is 1.86. The van der Waals surface area contributed by atoms with Gasteiger partial charge in [0.1, 0.15) is 5.82 Å². The van der Waals surface area contributed by atoms with Crippen molar-refractivity contribution in [2.45, 2.75) is 18.4 Å². The van der Waals surface area contributed by atoms with Crippen LogP contribution in [-0.2, 0) is 16.6 Å². The third-order valence-corrected chi connectivity index (χ3v) is 4.89. The molecule has 0 aliphatic carbocycles. The van der Waals surface area contributed by atoms with E-state index < -0.39 is 10.0 Å². The Morgan fingerprint density at radius 3 is 2.67 bits per heavy atom. The van der Waals surface area contributed by atoms with Gasteiger partial charge in [-0.25, -0.2) is 13.1 Å². The Labute approximate surface area is 140 Å². The van der Waals surface area contributed by atoms with Crippen LogP contribution in [0.3, 0.4) is 0 Å². The van der Waals surface area contributed by atoms with E-state index in [1.165, 1.54) is 4.52 Å². The highest BCUT2D eigenvalue weighted by Crippen LogP contribution is 2.12. The topological polar surface area (TPSA) is 92.5 Å². The molecule has 9 heteroatoms. The lowest BCUT2D eigenvalue weighted by atomic mass is 10.2. The third kappa shape index (κ3) is 3.22. The highest BCUT2D eigenvalue weighted by molar-refractivity contribution is 7.89. The number of nitrogens with zero attached hydrogens (tertiary/aromatic N) is 5. The molecule has 0 fully saturated rings. The molecule has 2 heterocycles. The molecule has 8 nitrogen and oxygen atoms in total. The van der Waals surface area contributed by atoms with E-state index in [2.05, 4.69) is 20.0 Å². The van der Waals surface area contributed by atoms with Gasteiger partial charge in [0.2, 0.25) is 10.0 Å². The summed E-state index contributed by atoms with van der Waals surface area (Å²) in [6.07, 6.45) is 0.